The average molecular weight is 460 g/mol. The van der Waals surface area contributed by atoms with Gasteiger partial charge in [-0.1, -0.05) is 42.4 Å². The summed E-state index contributed by atoms with van der Waals surface area (Å²) in [6, 6.07) is 16.4. The summed E-state index contributed by atoms with van der Waals surface area (Å²) in [6.45, 7) is 3.91. The first-order chi connectivity index (χ1) is 16.5. The van der Waals surface area contributed by atoms with Gasteiger partial charge in [-0.05, 0) is 43.2 Å². The predicted octanol–water partition coefficient (Wildman–Crippen LogP) is 2.60. The Kier molecular flexibility index (Phi) is 6.77. The van der Waals surface area contributed by atoms with E-state index in [1.165, 1.54) is 5.56 Å². The minimum absolute atomic E-state index is 0.0394. The molecular weight excluding hydrogens is 436 g/mol. The lowest BCUT2D eigenvalue weighted by atomic mass is 10.1. The summed E-state index contributed by atoms with van der Waals surface area (Å²) < 4.78 is 7.43. The number of carbonyl (C=O) groups excluding carboxylic acids is 1. The maximum absolute atomic E-state index is 12.8. The van der Waals surface area contributed by atoms with Gasteiger partial charge in [0.1, 0.15) is 0 Å². The van der Waals surface area contributed by atoms with Crippen LogP contribution in [0.3, 0.4) is 0 Å². The first-order valence-corrected chi connectivity index (χ1v) is 11.0. The van der Waals surface area contributed by atoms with E-state index in [9.17, 15) is 14.4 Å². The number of amides is 1. The molecule has 0 aliphatic rings. The second-order valence-corrected chi connectivity index (χ2v) is 7.54. The molecule has 0 saturated carbocycles. The summed E-state index contributed by atoms with van der Waals surface area (Å²) in [7, 11) is 0. The fourth-order valence-corrected chi connectivity index (χ4v) is 3.39. The number of benzene rings is 2. The van der Waals surface area contributed by atoms with Gasteiger partial charge >= 0.3 is 5.69 Å². The molecule has 4 aromatic rings. The minimum atomic E-state index is -0.611. The van der Waals surface area contributed by atoms with Crippen molar-refractivity contribution in [1.82, 2.24) is 24.5 Å². The van der Waals surface area contributed by atoms with Crippen molar-refractivity contribution in [3.8, 4) is 17.2 Å². The Balaban J connectivity index is 1.52. The summed E-state index contributed by atoms with van der Waals surface area (Å²) in [4.78, 5) is 42.1. The molecule has 174 valence electrons. The Morgan fingerprint density at radius 1 is 1.03 bits per heavy atom. The molecule has 2 heterocycles. The molecular formula is C24H24N6O4. The van der Waals surface area contributed by atoms with Gasteiger partial charge in [0.05, 0.1) is 5.69 Å². The minimum Gasteiger partial charge on any atom is -0.339 e. The molecule has 10 nitrogen and oxygen atoms in total. The molecule has 1 N–H and O–H groups in total. The van der Waals surface area contributed by atoms with Crippen LogP contribution in [0.25, 0.3) is 17.2 Å². The van der Waals surface area contributed by atoms with Crippen LogP contribution in [0.1, 0.15) is 31.7 Å². The molecule has 0 atom stereocenters. The second kappa shape index (κ2) is 10.1. The molecule has 1 amide bonds. The summed E-state index contributed by atoms with van der Waals surface area (Å²) in [5, 5.41) is 10.9. The number of hydrogen-bond donors (Lipinski definition) is 1. The molecule has 0 aliphatic heterocycles. The summed E-state index contributed by atoms with van der Waals surface area (Å²) in [5.74, 6) is -0.0521. The first kappa shape index (κ1) is 22.8. The molecule has 0 saturated heterocycles. The van der Waals surface area contributed by atoms with Gasteiger partial charge in [-0.2, -0.15) is 14.8 Å². The molecule has 0 bridgehead atoms. The lowest BCUT2D eigenvalue weighted by Crippen LogP contribution is -2.41. The lowest BCUT2D eigenvalue weighted by molar-refractivity contribution is -0.116. The number of carbonyl (C=O) groups is 1. The van der Waals surface area contributed by atoms with Gasteiger partial charge in [0, 0.05) is 25.1 Å². The van der Waals surface area contributed by atoms with E-state index in [0.29, 0.717) is 11.4 Å². The van der Waals surface area contributed by atoms with Crippen LogP contribution in [0.15, 0.2) is 68.7 Å². The average Bonchev–Trinajstić information content (AvgIpc) is 3.33. The van der Waals surface area contributed by atoms with Crippen molar-refractivity contribution in [3.05, 3.63) is 86.9 Å². The van der Waals surface area contributed by atoms with Crippen molar-refractivity contribution in [2.45, 2.75) is 39.7 Å². The van der Waals surface area contributed by atoms with Gasteiger partial charge in [0.2, 0.25) is 17.6 Å². The molecule has 0 fully saturated rings. The summed E-state index contributed by atoms with van der Waals surface area (Å²) in [6.07, 6.45) is 1.23. The van der Waals surface area contributed by atoms with E-state index in [-0.39, 0.29) is 42.7 Å². The molecule has 34 heavy (non-hydrogen) atoms. The first-order valence-electron chi connectivity index (χ1n) is 11.0. The zero-order valence-corrected chi connectivity index (χ0v) is 18.9. The van der Waals surface area contributed by atoms with Crippen LogP contribution in [0.2, 0.25) is 0 Å². The molecule has 0 spiro atoms. The number of nitrogens with zero attached hydrogens (tertiary/aromatic N) is 5. The topological polar surface area (TPSA) is 125 Å². The number of hydrogen-bond acceptors (Lipinski definition) is 7. The van der Waals surface area contributed by atoms with Crippen LogP contribution in [-0.4, -0.2) is 30.4 Å². The number of nitrogens with one attached hydrogen (secondary N) is 1. The normalized spacial score (nSPS) is 10.9. The van der Waals surface area contributed by atoms with Crippen molar-refractivity contribution in [2.75, 3.05) is 5.32 Å². The van der Waals surface area contributed by atoms with Crippen molar-refractivity contribution in [2.24, 2.45) is 0 Å². The Hall–Kier alpha value is -4.34. The van der Waals surface area contributed by atoms with Gasteiger partial charge < -0.3 is 9.84 Å². The van der Waals surface area contributed by atoms with Crippen LogP contribution in [0, 0.1) is 0 Å². The highest BCUT2D eigenvalue weighted by Gasteiger charge is 2.20. The monoisotopic (exact) mass is 460 g/mol. The van der Waals surface area contributed by atoms with E-state index in [1.54, 1.807) is 31.2 Å². The highest BCUT2D eigenvalue weighted by atomic mass is 16.5. The zero-order valence-electron chi connectivity index (χ0n) is 18.9. The van der Waals surface area contributed by atoms with Crippen molar-refractivity contribution < 1.29 is 9.32 Å². The fraction of sp³-hybridized carbons (Fsp3) is 0.250. The fourth-order valence-electron chi connectivity index (χ4n) is 3.39. The quantitative estimate of drug-likeness (QED) is 0.428. The third-order valence-electron chi connectivity index (χ3n) is 5.27. The maximum Gasteiger partial charge on any atom is 0.352 e. The Bertz CT molecular complexity index is 1400. The van der Waals surface area contributed by atoms with Crippen molar-refractivity contribution >= 4 is 11.6 Å². The number of para-hydroxylation sites is 1. The van der Waals surface area contributed by atoms with Crippen molar-refractivity contribution in [3.63, 3.8) is 0 Å². The SMILES string of the molecule is CCc1ccc(NC(=O)CCc2nc(-c3nn(-c4ccccc4)c(=O)n(CC)c3=O)no2)cc1. The van der Waals surface area contributed by atoms with E-state index >= 15 is 0 Å². The zero-order chi connectivity index (χ0) is 24.1. The highest BCUT2D eigenvalue weighted by molar-refractivity contribution is 5.90. The van der Waals surface area contributed by atoms with E-state index in [0.717, 1.165) is 15.7 Å². The van der Waals surface area contributed by atoms with Gasteiger partial charge in [0.15, 0.2) is 5.69 Å². The van der Waals surface area contributed by atoms with Gasteiger partial charge in [-0.25, -0.2) is 4.79 Å². The molecule has 0 unspecified atom stereocenters. The highest BCUT2D eigenvalue weighted by Crippen LogP contribution is 2.13. The maximum atomic E-state index is 12.8. The molecule has 2 aromatic heterocycles. The van der Waals surface area contributed by atoms with Crippen LogP contribution in [0.5, 0.6) is 0 Å². The summed E-state index contributed by atoms with van der Waals surface area (Å²) >= 11 is 0. The smallest absolute Gasteiger partial charge is 0.339 e. The molecule has 4 rings (SSSR count). The van der Waals surface area contributed by atoms with Crippen LogP contribution >= 0.6 is 0 Å². The third-order valence-corrected chi connectivity index (χ3v) is 5.27. The lowest BCUT2D eigenvalue weighted by Gasteiger charge is -2.09. The van der Waals surface area contributed by atoms with Gasteiger partial charge in [-0.3, -0.25) is 14.2 Å². The molecule has 0 radical (unpaired) electrons. The van der Waals surface area contributed by atoms with Gasteiger partial charge in [-0.15, -0.1) is 0 Å². The summed E-state index contributed by atoms with van der Waals surface area (Å²) in [5.41, 5.74) is 1.12. The second-order valence-electron chi connectivity index (χ2n) is 7.54. The molecule has 0 aliphatic carbocycles. The van der Waals surface area contributed by atoms with Crippen LogP contribution < -0.4 is 16.6 Å². The number of aryl methyl sites for hydroxylation is 2. The van der Waals surface area contributed by atoms with Crippen molar-refractivity contribution in [1.29, 1.82) is 0 Å². The van der Waals surface area contributed by atoms with E-state index in [1.807, 2.05) is 30.3 Å². The number of rotatable bonds is 8. The Labute approximate surface area is 194 Å². The van der Waals surface area contributed by atoms with E-state index in [4.69, 9.17) is 4.52 Å². The van der Waals surface area contributed by atoms with Gasteiger partial charge in [0.25, 0.3) is 5.56 Å². The third kappa shape index (κ3) is 4.85. The van der Waals surface area contributed by atoms with Crippen LogP contribution in [0.4, 0.5) is 5.69 Å². The molecule has 10 heteroatoms. The largest absolute Gasteiger partial charge is 0.352 e. The predicted molar refractivity (Wildman–Crippen MR) is 126 cm³/mol. The number of aromatic nitrogens is 5. The van der Waals surface area contributed by atoms with E-state index in [2.05, 4.69) is 27.5 Å². The number of anilines is 1. The van der Waals surface area contributed by atoms with Crippen LogP contribution in [-0.2, 0) is 24.2 Å². The van der Waals surface area contributed by atoms with E-state index < -0.39 is 11.2 Å². The molecule has 2 aromatic carbocycles. The Morgan fingerprint density at radius 2 is 1.76 bits per heavy atom. The standard InChI is InChI=1S/C24H24N6O4/c1-3-16-10-12-17(13-11-16)25-19(31)14-15-20-26-22(28-34-20)21-23(32)29(4-2)24(33)30(27-21)18-8-6-5-7-9-18/h5-13H,3-4,14-15H2,1-2H3,(H,25,31). The Morgan fingerprint density at radius 3 is 2.44 bits per heavy atom.